The van der Waals surface area contributed by atoms with Gasteiger partial charge in [-0.25, -0.2) is 4.68 Å². The molecule has 1 amide bonds. The molecular formula is C17H20F3N5O. The molecule has 0 radical (unpaired) electrons. The number of halogens is 3. The summed E-state index contributed by atoms with van der Waals surface area (Å²) >= 11 is 0. The van der Waals surface area contributed by atoms with Crippen molar-refractivity contribution in [3.8, 4) is 5.69 Å². The van der Waals surface area contributed by atoms with Crippen LogP contribution >= 0.6 is 0 Å². The zero-order chi connectivity index (χ0) is 18.7. The molecule has 1 aromatic carbocycles. The molecule has 26 heavy (non-hydrogen) atoms. The standard InChI is InChI=1S/C17H20F3N5O/c18-17(19,20)12-5-3-6-13(8-12)25-10-15(23-24-25)16(26)22-14-7-2-1-4-11(14)9-21/h3,5-6,8,10-11,14H,1-2,4,7,9,21H2,(H,22,26)/t11-,14-/m0/s1. The van der Waals surface area contributed by atoms with Crippen LogP contribution in [-0.2, 0) is 6.18 Å². The minimum atomic E-state index is -4.45. The second kappa shape index (κ2) is 7.45. The van der Waals surface area contributed by atoms with Crippen LogP contribution in [0.1, 0.15) is 41.7 Å². The number of carbonyl (C=O) groups excluding carboxylic acids is 1. The molecule has 0 saturated heterocycles. The number of rotatable bonds is 4. The first kappa shape index (κ1) is 18.4. The molecule has 1 aliphatic carbocycles. The molecule has 3 N–H and O–H groups in total. The number of benzene rings is 1. The van der Waals surface area contributed by atoms with E-state index in [2.05, 4.69) is 15.6 Å². The molecular weight excluding hydrogens is 347 g/mol. The van der Waals surface area contributed by atoms with Gasteiger partial charge in [-0.2, -0.15) is 13.2 Å². The largest absolute Gasteiger partial charge is 0.416 e. The van der Waals surface area contributed by atoms with Gasteiger partial charge in [-0.1, -0.05) is 24.1 Å². The number of alkyl halides is 3. The summed E-state index contributed by atoms with van der Waals surface area (Å²) in [5.41, 5.74) is 5.22. The Kier molecular flexibility index (Phi) is 5.26. The summed E-state index contributed by atoms with van der Waals surface area (Å²) in [6.07, 6.45) is 0.826. The van der Waals surface area contributed by atoms with Gasteiger partial charge in [-0.05, 0) is 43.5 Å². The molecule has 1 fully saturated rings. The number of aromatic nitrogens is 3. The van der Waals surface area contributed by atoms with Crippen molar-refractivity contribution >= 4 is 5.91 Å². The van der Waals surface area contributed by atoms with Crippen LogP contribution in [0.3, 0.4) is 0 Å². The van der Waals surface area contributed by atoms with Crippen LogP contribution in [0.5, 0.6) is 0 Å². The molecule has 140 valence electrons. The number of nitrogens with two attached hydrogens (primary N) is 1. The van der Waals surface area contributed by atoms with Crippen LogP contribution in [0.2, 0.25) is 0 Å². The van der Waals surface area contributed by atoms with Crippen molar-refractivity contribution in [2.75, 3.05) is 6.54 Å². The summed E-state index contributed by atoms with van der Waals surface area (Å²) in [5.74, 6) is -0.167. The lowest BCUT2D eigenvalue weighted by atomic mass is 9.84. The third kappa shape index (κ3) is 4.04. The van der Waals surface area contributed by atoms with Crippen LogP contribution in [0.4, 0.5) is 13.2 Å². The van der Waals surface area contributed by atoms with Gasteiger partial charge in [0.15, 0.2) is 5.69 Å². The maximum Gasteiger partial charge on any atom is 0.416 e. The van der Waals surface area contributed by atoms with Gasteiger partial charge < -0.3 is 11.1 Å². The summed E-state index contributed by atoms with van der Waals surface area (Å²) in [4.78, 5) is 12.4. The smallest absolute Gasteiger partial charge is 0.348 e. The van der Waals surface area contributed by atoms with E-state index in [-0.39, 0.29) is 23.3 Å². The van der Waals surface area contributed by atoms with Crippen LogP contribution in [-0.4, -0.2) is 33.5 Å². The average Bonchev–Trinajstić information content (AvgIpc) is 3.12. The number of nitrogens with one attached hydrogen (secondary N) is 1. The first-order chi connectivity index (χ1) is 12.4. The minimum absolute atomic E-state index is 0.0139. The fraction of sp³-hybridized carbons (Fsp3) is 0.471. The minimum Gasteiger partial charge on any atom is -0.348 e. The summed E-state index contributed by atoms with van der Waals surface area (Å²) < 4.78 is 39.6. The quantitative estimate of drug-likeness (QED) is 0.870. The van der Waals surface area contributed by atoms with E-state index in [1.165, 1.54) is 18.3 Å². The lowest BCUT2D eigenvalue weighted by Gasteiger charge is -2.30. The van der Waals surface area contributed by atoms with Gasteiger partial charge >= 0.3 is 6.18 Å². The van der Waals surface area contributed by atoms with Crippen molar-refractivity contribution in [1.82, 2.24) is 20.3 Å². The summed E-state index contributed by atoms with van der Waals surface area (Å²) in [5, 5.41) is 10.5. The van der Waals surface area contributed by atoms with Crippen molar-refractivity contribution in [3.63, 3.8) is 0 Å². The molecule has 0 bridgehead atoms. The molecule has 0 aliphatic heterocycles. The SMILES string of the molecule is NC[C@@H]1CCCC[C@@H]1NC(=O)c1cn(-c2cccc(C(F)(F)F)c2)nn1. The second-order valence-electron chi connectivity index (χ2n) is 6.46. The normalized spacial score (nSPS) is 20.8. The van der Waals surface area contributed by atoms with Crippen molar-refractivity contribution in [2.24, 2.45) is 11.7 Å². The fourth-order valence-electron chi connectivity index (χ4n) is 3.24. The monoisotopic (exact) mass is 367 g/mol. The number of amides is 1. The van der Waals surface area contributed by atoms with E-state index in [9.17, 15) is 18.0 Å². The van der Waals surface area contributed by atoms with Gasteiger partial charge in [-0.15, -0.1) is 5.10 Å². The highest BCUT2D eigenvalue weighted by molar-refractivity contribution is 5.92. The predicted octanol–water partition coefficient (Wildman–Crippen LogP) is 2.53. The fourth-order valence-corrected chi connectivity index (χ4v) is 3.24. The highest BCUT2D eigenvalue weighted by Gasteiger charge is 2.31. The van der Waals surface area contributed by atoms with E-state index < -0.39 is 17.6 Å². The second-order valence-corrected chi connectivity index (χ2v) is 6.46. The summed E-state index contributed by atoms with van der Waals surface area (Å²) in [7, 11) is 0. The van der Waals surface area contributed by atoms with Crippen LogP contribution in [0, 0.1) is 5.92 Å². The Labute approximate surface area is 148 Å². The molecule has 9 heteroatoms. The first-order valence-corrected chi connectivity index (χ1v) is 8.49. The van der Waals surface area contributed by atoms with E-state index in [1.807, 2.05) is 0 Å². The van der Waals surface area contributed by atoms with Gasteiger partial charge in [0.25, 0.3) is 5.91 Å². The van der Waals surface area contributed by atoms with Crippen molar-refractivity contribution < 1.29 is 18.0 Å². The highest BCUT2D eigenvalue weighted by Crippen LogP contribution is 2.30. The highest BCUT2D eigenvalue weighted by atomic mass is 19.4. The molecule has 1 aliphatic rings. The van der Waals surface area contributed by atoms with E-state index >= 15 is 0 Å². The Bertz CT molecular complexity index is 774. The Balaban J connectivity index is 1.74. The lowest BCUT2D eigenvalue weighted by molar-refractivity contribution is -0.137. The maximum absolute atomic E-state index is 12.8. The van der Waals surface area contributed by atoms with Gasteiger partial charge in [0, 0.05) is 6.04 Å². The third-order valence-electron chi connectivity index (χ3n) is 4.69. The van der Waals surface area contributed by atoms with E-state index in [1.54, 1.807) is 0 Å². The summed E-state index contributed by atoms with van der Waals surface area (Å²) in [6.45, 7) is 0.502. The number of hydrogen-bond acceptors (Lipinski definition) is 4. The first-order valence-electron chi connectivity index (χ1n) is 8.49. The topological polar surface area (TPSA) is 85.8 Å². The van der Waals surface area contributed by atoms with Crippen LogP contribution < -0.4 is 11.1 Å². The van der Waals surface area contributed by atoms with E-state index in [0.717, 1.165) is 42.5 Å². The molecule has 6 nitrogen and oxygen atoms in total. The van der Waals surface area contributed by atoms with Gasteiger partial charge in [-0.3, -0.25) is 4.79 Å². The molecule has 2 atom stereocenters. The van der Waals surface area contributed by atoms with Crippen LogP contribution in [0.15, 0.2) is 30.5 Å². The Morgan fingerprint density at radius 2 is 2.08 bits per heavy atom. The van der Waals surface area contributed by atoms with Gasteiger partial charge in [0.1, 0.15) is 0 Å². The van der Waals surface area contributed by atoms with E-state index in [0.29, 0.717) is 6.54 Å². The van der Waals surface area contributed by atoms with Crippen LogP contribution in [0.25, 0.3) is 5.69 Å². The average molecular weight is 367 g/mol. The Morgan fingerprint density at radius 3 is 2.81 bits per heavy atom. The molecule has 1 aromatic heterocycles. The molecule has 0 unspecified atom stereocenters. The predicted molar refractivity (Wildman–Crippen MR) is 88.6 cm³/mol. The van der Waals surface area contributed by atoms with Crippen molar-refractivity contribution in [3.05, 3.63) is 41.7 Å². The molecule has 3 rings (SSSR count). The van der Waals surface area contributed by atoms with Gasteiger partial charge in [0.2, 0.25) is 0 Å². The zero-order valence-electron chi connectivity index (χ0n) is 14.0. The Morgan fingerprint density at radius 1 is 1.31 bits per heavy atom. The zero-order valence-corrected chi connectivity index (χ0v) is 14.0. The molecule has 2 aromatic rings. The molecule has 0 spiro atoms. The third-order valence-corrected chi connectivity index (χ3v) is 4.69. The number of hydrogen-bond donors (Lipinski definition) is 2. The lowest BCUT2D eigenvalue weighted by Crippen LogP contribution is -2.44. The number of nitrogens with zero attached hydrogens (tertiary/aromatic N) is 3. The number of carbonyl (C=O) groups is 1. The molecule has 1 heterocycles. The van der Waals surface area contributed by atoms with E-state index in [4.69, 9.17) is 5.73 Å². The molecule has 1 saturated carbocycles. The van der Waals surface area contributed by atoms with Crippen molar-refractivity contribution in [2.45, 2.75) is 37.9 Å². The van der Waals surface area contributed by atoms with Crippen molar-refractivity contribution in [1.29, 1.82) is 0 Å². The van der Waals surface area contributed by atoms with Gasteiger partial charge in [0.05, 0.1) is 17.4 Å². The Hall–Kier alpha value is -2.42. The summed E-state index contributed by atoms with van der Waals surface area (Å²) in [6, 6.07) is 4.68. The maximum atomic E-state index is 12.8.